The standard InChI is InChI=1S/C23H36O9/c1-6-16(4)22(28)32-21-19(26)18(13-30-17(5)25)31-23(20(21)27)29-11-10-14(2)8-7-9-15(3)12-24/h6,9,18-21,23-24,26-27H,2,7-8,10-13H2,1,3-5H3/b15-9-,16-6-/t18-,19-,20-,21+,23-/m1/s1. The van der Waals surface area contributed by atoms with Crippen LogP contribution in [0.4, 0.5) is 0 Å². The van der Waals surface area contributed by atoms with Gasteiger partial charge in [-0.2, -0.15) is 0 Å². The molecular weight excluding hydrogens is 420 g/mol. The Morgan fingerprint density at radius 1 is 1.12 bits per heavy atom. The van der Waals surface area contributed by atoms with Crippen molar-refractivity contribution < 1.29 is 43.9 Å². The second-order valence-electron chi connectivity index (χ2n) is 7.79. The van der Waals surface area contributed by atoms with Gasteiger partial charge >= 0.3 is 11.9 Å². The van der Waals surface area contributed by atoms with Gasteiger partial charge in [-0.1, -0.05) is 29.9 Å². The molecule has 0 bridgehead atoms. The molecule has 0 aliphatic carbocycles. The molecule has 182 valence electrons. The van der Waals surface area contributed by atoms with E-state index in [2.05, 4.69) is 6.58 Å². The van der Waals surface area contributed by atoms with Gasteiger partial charge in [-0.05, 0) is 40.0 Å². The number of aliphatic hydroxyl groups is 3. The lowest BCUT2D eigenvalue weighted by Gasteiger charge is -2.41. The van der Waals surface area contributed by atoms with Crippen molar-refractivity contribution in [3.05, 3.63) is 35.5 Å². The Hall–Kier alpha value is -2.04. The average molecular weight is 457 g/mol. The highest BCUT2D eigenvalue weighted by molar-refractivity contribution is 5.87. The van der Waals surface area contributed by atoms with Gasteiger partial charge < -0.3 is 34.3 Å². The summed E-state index contributed by atoms with van der Waals surface area (Å²) in [7, 11) is 0. The summed E-state index contributed by atoms with van der Waals surface area (Å²) >= 11 is 0. The molecule has 32 heavy (non-hydrogen) atoms. The van der Waals surface area contributed by atoms with E-state index in [-0.39, 0.29) is 19.8 Å². The van der Waals surface area contributed by atoms with Crippen LogP contribution in [0.25, 0.3) is 0 Å². The summed E-state index contributed by atoms with van der Waals surface area (Å²) in [6, 6.07) is 0. The first-order valence-electron chi connectivity index (χ1n) is 10.6. The van der Waals surface area contributed by atoms with E-state index in [0.717, 1.165) is 17.6 Å². The minimum absolute atomic E-state index is 0.0200. The van der Waals surface area contributed by atoms with Crippen LogP contribution in [0.2, 0.25) is 0 Å². The van der Waals surface area contributed by atoms with E-state index in [1.165, 1.54) is 6.92 Å². The number of ether oxygens (including phenoxy) is 4. The molecule has 1 aliphatic heterocycles. The second kappa shape index (κ2) is 14.2. The largest absolute Gasteiger partial charge is 0.463 e. The molecule has 9 nitrogen and oxygen atoms in total. The minimum atomic E-state index is -1.45. The Labute approximate surface area is 189 Å². The molecule has 1 fully saturated rings. The maximum absolute atomic E-state index is 12.2. The zero-order valence-electron chi connectivity index (χ0n) is 19.3. The smallest absolute Gasteiger partial charge is 0.333 e. The zero-order chi connectivity index (χ0) is 24.3. The predicted octanol–water partition coefficient (Wildman–Crippen LogP) is 1.56. The Morgan fingerprint density at radius 2 is 1.81 bits per heavy atom. The Balaban J connectivity index is 2.75. The number of carbonyl (C=O) groups excluding carboxylic acids is 2. The number of carbonyl (C=O) groups is 2. The molecular formula is C23H36O9. The Bertz CT molecular complexity index is 698. The van der Waals surface area contributed by atoms with Gasteiger partial charge in [0.25, 0.3) is 0 Å². The van der Waals surface area contributed by atoms with Gasteiger partial charge in [-0.3, -0.25) is 4.79 Å². The molecule has 0 unspecified atom stereocenters. The van der Waals surface area contributed by atoms with Crippen molar-refractivity contribution in [2.24, 2.45) is 0 Å². The lowest BCUT2D eigenvalue weighted by Crippen LogP contribution is -2.60. The Morgan fingerprint density at radius 3 is 2.41 bits per heavy atom. The number of esters is 2. The van der Waals surface area contributed by atoms with Crippen LogP contribution in [-0.2, 0) is 28.5 Å². The topological polar surface area (TPSA) is 132 Å². The molecule has 0 aromatic rings. The minimum Gasteiger partial charge on any atom is -0.463 e. The molecule has 0 spiro atoms. The molecule has 3 N–H and O–H groups in total. The molecule has 5 atom stereocenters. The van der Waals surface area contributed by atoms with Crippen LogP contribution in [0, 0.1) is 0 Å². The molecule has 1 saturated heterocycles. The van der Waals surface area contributed by atoms with Crippen LogP contribution < -0.4 is 0 Å². The van der Waals surface area contributed by atoms with Gasteiger partial charge in [0.2, 0.25) is 0 Å². The van der Waals surface area contributed by atoms with Gasteiger partial charge in [0.15, 0.2) is 12.4 Å². The fourth-order valence-corrected chi connectivity index (χ4v) is 2.88. The van der Waals surface area contributed by atoms with Crippen molar-refractivity contribution in [2.45, 2.75) is 77.7 Å². The molecule has 1 heterocycles. The van der Waals surface area contributed by atoms with Crippen molar-refractivity contribution in [3.8, 4) is 0 Å². The van der Waals surface area contributed by atoms with Crippen molar-refractivity contribution in [1.29, 1.82) is 0 Å². The number of rotatable bonds is 12. The molecule has 0 aromatic heterocycles. The molecule has 0 amide bonds. The summed E-state index contributed by atoms with van der Waals surface area (Å²) in [5.41, 5.74) is 2.12. The van der Waals surface area contributed by atoms with Crippen LogP contribution in [0.5, 0.6) is 0 Å². The van der Waals surface area contributed by atoms with Gasteiger partial charge in [0, 0.05) is 12.5 Å². The molecule has 1 aliphatic rings. The summed E-state index contributed by atoms with van der Waals surface area (Å²) in [5, 5.41) is 30.2. The van der Waals surface area contributed by atoms with Crippen molar-refractivity contribution in [1.82, 2.24) is 0 Å². The third kappa shape index (κ3) is 9.22. The van der Waals surface area contributed by atoms with Crippen LogP contribution >= 0.6 is 0 Å². The fourth-order valence-electron chi connectivity index (χ4n) is 2.88. The van der Waals surface area contributed by atoms with E-state index in [1.54, 1.807) is 19.9 Å². The first-order chi connectivity index (χ1) is 15.1. The summed E-state index contributed by atoms with van der Waals surface area (Å²) in [4.78, 5) is 23.3. The van der Waals surface area contributed by atoms with Crippen molar-refractivity contribution in [2.75, 3.05) is 19.8 Å². The van der Waals surface area contributed by atoms with Crippen LogP contribution in [-0.4, -0.2) is 77.8 Å². The van der Waals surface area contributed by atoms with Gasteiger partial charge in [-0.25, -0.2) is 4.79 Å². The maximum Gasteiger partial charge on any atom is 0.333 e. The van der Waals surface area contributed by atoms with Crippen LogP contribution in [0.15, 0.2) is 35.5 Å². The SMILES string of the molecule is C=C(CC/C=C(/C)CO)CCO[C@@H]1O[C@H](COC(C)=O)[C@@H](O)[C@H](OC(=O)/C(C)=C\C)[C@H]1O. The van der Waals surface area contributed by atoms with E-state index < -0.39 is 42.6 Å². The van der Waals surface area contributed by atoms with Crippen molar-refractivity contribution in [3.63, 3.8) is 0 Å². The molecule has 0 radical (unpaired) electrons. The summed E-state index contributed by atoms with van der Waals surface area (Å²) in [6.07, 6.45) is -1.01. The number of hydrogen-bond donors (Lipinski definition) is 3. The lowest BCUT2D eigenvalue weighted by molar-refractivity contribution is -0.303. The van der Waals surface area contributed by atoms with E-state index in [0.29, 0.717) is 18.4 Å². The first kappa shape index (κ1) is 28.0. The summed E-state index contributed by atoms with van der Waals surface area (Å²) in [6.45, 7) is 10.2. The van der Waals surface area contributed by atoms with E-state index in [1.807, 2.05) is 13.0 Å². The fraction of sp³-hybridized carbons (Fsp3) is 0.652. The third-order valence-electron chi connectivity index (χ3n) is 5.07. The van der Waals surface area contributed by atoms with Gasteiger partial charge in [-0.15, -0.1) is 0 Å². The highest BCUT2D eigenvalue weighted by Gasteiger charge is 2.47. The van der Waals surface area contributed by atoms with Crippen LogP contribution in [0.1, 0.15) is 47.0 Å². The van der Waals surface area contributed by atoms with E-state index in [4.69, 9.17) is 24.1 Å². The predicted molar refractivity (Wildman–Crippen MR) is 116 cm³/mol. The second-order valence-corrected chi connectivity index (χ2v) is 7.79. The van der Waals surface area contributed by atoms with Gasteiger partial charge in [0.05, 0.1) is 13.2 Å². The number of hydrogen-bond acceptors (Lipinski definition) is 9. The van der Waals surface area contributed by atoms with E-state index >= 15 is 0 Å². The maximum atomic E-state index is 12.2. The number of aliphatic hydroxyl groups excluding tert-OH is 3. The Kier molecular flexibility index (Phi) is 12.4. The van der Waals surface area contributed by atoms with Crippen LogP contribution in [0.3, 0.4) is 0 Å². The summed E-state index contributed by atoms with van der Waals surface area (Å²) in [5.74, 6) is -1.26. The zero-order valence-corrected chi connectivity index (χ0v) is 19.3. The summed E-state index contributed by atoms with van der Waals surface area (Å²) < 4.78 is 21.5. The molecule has 0 saturated carbocycles. The quantitative estimate of drug-likeness (QED) is 0.227. The molecule has 9 heteroatoms. The first-order valence-corrected chi connectivity index (χ1v) is 10.6. The van der Waals surface area contributed by atoms with Gasteiger partial charge in [0.1, 0.15) is 24.9 Å². The third-order valence-corrected chi connectivity index (χ3v) is 5.07. The van der Waals surface area contributed by atoms with E-state index in [9.17, 15) is 19.8 Å². The highest BCUT2D eigenvalue weighted by atomic mass is 16.7. The molecule has 1 rings (SSSR count). The monoisotopic (exact) mass is 456 g/mol. The molecule has 0 aromatic carbocycles. The lowest BCUT2D eigenvalue weighted by atomic mass is 9.98. The normalized spacial score (nSPS) is 26.5. The average Bonchev–Trinajstić information content (AvgIpc) is 2.76. The highest BCUT2D eigenvalue weighted by Crippen LogP contribution is 2.26. The van der Waals surface area contributed by atoms with Crippen molar-refractivity contribution >= 4 is 11.9 Å². The number of allylic oxidation sites excluding steroid dienone is 2.